The molecule has 0 amide bonds. The SMILES string of the molecule is C/C(=N\n1cc(Br)c2c1c(=O)n(C)c(=O)n2C)C1=C(O)c2ccccc2C1=O. The predicted molar refractivity (Wildman–Crippen MR) is 109 cm³/mol. The summed E-state index contributed by atoms with van der Waals surface area (Å²) in [7, 11) is 2.94. The molecule has 4 rings (SSSR count). The first kappa shape index (κ1) is 18.2. The molecule has 142 valence electrons. The van der Waals surface area contributed by atoms with Gasteiger partial charge < -0.3 is 5.11 Å². The molecule has 9 heteroatoms. The van der Waals surface area contributed by atoms with Crippen molar-refractivity contribution in [2.75, 3.05) is 0 Å². The molecule has 0 spiro atoms. The molecule has 0 saturated carbocycles. The van der Waals surface area contributed by atoms with Crippen molar-refractivity contribution in [3.8, 4) is 0 Å². The Balaban J connectivity index is 1.96. The Bertz CT molecular complexity index is 1370. The summed E-state index contributed by atoms with van der Waals surface area (Å²) in [5, 5.41) is 14.9. The fourth-order valence-corrected chi connectivity index (χ4v) is 4.08. The number of nitrogens with zero attached hydrogens (tertiary/aromatic N) is 4. The van der Waals surface area contributed by atoms with E-state index in [1.165, 1.54) is 16.3 Å². The zero-order chi connectivity index (χ0) is 20.3. The van der Waals surface area contributed by atoms with Gasteiger partial charge in [0, 0.05) is 31.4 Å². The highest BCUT2D eigenvalue weighted by molar-refractivity contribution is 9.10. The van der Waals surface area contributed by atoms with Gasteiger partial charge in [-0.05, 0) is 22.9 Å². The van der Waals surface area contributed by atoms with Crippen LogP contribution in [0.5, 0.6) is 0 Å². The number of hydrogen-bond acceptors (Lipinski definition) is 5. The Morgan fingerprint density at radius 3 is 2.32 bits per heavy atom. The van der Waals surface area contributed by atoms with Crippen LogP contribution in [0.2, 0.25) is 0 Å². The number of aliphatic hydroxyl groups excluding tert-OH is 1. The second-order valence-electron chi connectivity index (χ2n) is 6.51. The molecule has 0 radical (unpaired) electrons. The Morgan fingerprint density at radius 1 is 1.04 bits per heavy atom. The number of benzene rings is 1. The average molecular weight is 443 g/mol. The van der Waals surface area contributed by atoms with Crippen LogP contribution in [0.3, 0.4) is 0 Å². The third-order valence-electron chi connectivity index (χ3n) is 4.84. The number of Topliss-reactive ketones (excluding diaryl/α,β-unsaturated/α-hetero) is 1. The van der Waals surface area contributed by atoms with E-state index in [2.05, 4.69) is 21.0 Å². The number of aliphatic hydroxyl groups is 1. The van der Waals surface area contributed by atoms with E-state index in [1.807, 2.05) is 0 Å². The lowest BCUT2D eigenvalue weighted by Gasteiger charge is -2.06. The molecule has 0 atom stereocenters. The van der Waals surface area contributed by atoms with Crippen molar-refractivity contribution >= 4 is 44.2 Å². The smallest absolute Gasteiger partial charge is 0.331 e. The van der Waals surface area contributed by atoms with Crippen molar-refractivity contribution in [3.63, 3.8) is 0 Å². The minimum Gasteiger partial charge on any atom is -0.506 e. The number of halogens is 1. The van der Waals surface area contributed by atoms with Crippen LogP contribution in [0.4, 0.5) is 0 Å². The lowest BCUT2D eigenvalue weighted by molar-refractivity contribution is 0.104. The van der Waals surface area contributed by atoms with Gasteiger partial charge in [-0.2, -0.15) is 5.10 Å². The van der Waals surface area contributed by atoms with Crippen LogP contribution < -0.4 is 11.2 Å². The van der Waals surface area contributed by atoms with Gasteiger partial charge in [0.2, 0.25) is 0 Å². The molecule has 8 nitrogen and oxygen atoms in total. The molecule has 0 aliphatic heterocycles. The van der Waals surface area contributed by atoms with Gasteiger partial charge in [-0.1, -0.05) is 24.3 Å². The van der Waals surface area contributed by atoms with Gasteiger partial charge in [0.25, 0.3) is 5.56 Å². The standard InChI is InChI=1S/C19H15BrN4O4/c1-9(13-16(25)10-6-4-5-7-11(10)17(13)26)21-24-8-12(20)14-15(24)18(27)23(3)19(28)22(14)2/h4-8,25H,1-3H3/b21-9+. The first-order valence-corrected chi connectivity index (χ1v) is 9.13. The summed E-state index contributed by atoms with van der Waals surface area (Å²) in [4.78, 5) is 37.5. The van der Waals surface area contributed by atoms with E-state index in [9.17, 15) is 19.5 Å². The third-order valence-corrected chi connectivity index (χ3v) is 5.42. The van der Waals surface area contributed by atoms with Gasteiger partial charge in [-0.25, -0.2) is 9.47 Å². The average Bonchev–Trinajstić information content (AvgIpc) is 3.12. The molecule has 1 N–H and O–H groups in total. The van der Waals surface area contributed by atoms with E-state index < -0.39 is 11.2 Å². The molecule has 0 saturated heterocycles. The van der Waals surface area contributed by atoms with Crippen molar-refractivity contribution in [3.05, 3.63) is 72.5 Å². The molecule has 0 bridgehead atoms. The van der Waals surface area contributed by atoms with Gasteiger partial charge in [0.15, 0.2) is 11.3 Å². The first-order valence-electron chi connectivity index (χ1n) is 8.34. The lowest BCUT2D eigenvalue weighted by atomic mass is 10.1. The highest BCUT2D eigenvalue weighted by atomic mass is 79.9. The summed E-state index contributed by atoms with van der Waals surface area (Å²) in [6, 6.07) is 6.76. The molecule has 1 aliphatic rings. The van der Waals surface area contributed by atoms with Crippen LogP contribution in [0.25, 0.3) is 16.8 Å². The quantitative estimate of drug-likeness (QED) is 0.614. The van der Waals surface area contributed by atoms with Crippen molar-refractivity contribution in [2.45, 2.75) is 6.92 Å². The lowest BCUT2D eigenvalue weighted by Crippen LogP contribution is -2.37. The fourth-order valence-electron chi connectivity index (χ4n) is 3.43. The Labute approximate surface area is 166 Å². The molecule has 0 unspecified atom stereocenters. The number of ketones is 1. The topological polar surface area (TPSA) is 98.6 Å². The number of carbonyl (C=O) groups excluding carboxylic acids is 1. The van der Waals surface area contributed by atoms with E-state index in [0.29, 0.717) is 21.1 Å². The number of fused-ring (bicyclic) bond motifs is 2. The zero-order valence-electron chi connectivity index (χ0n) is 15.2. The molecule has 1 aliphatic carbocycles. The van der Waals surface area contributed by atoms with Crippen molar-refractivity contribution < 1.29 is 9.90 Å². The Hall–Kier alpha value is -3.20. The number of rotatable bonds is 2. The maximum Gasteiger partial charge on any atom is 0.331 e. The maximum atomic E-state index is 12.7. The third kappa shape index (κ3) is 2.36. The number of hydrogen-bond donors (Lipinski definition) is 1. The van der Waals surface area contributed by atoms with Gasteiger partial charge in [-0.15, -0.1) is 0 Å². The minimum atomic E-state index is -0.514. The molecular weight excluding hydrogens is 428 g/mol. The number of aryl methyl sites for hydroxylation is 1. The minimum absolute atomic E-state index is 0.0841. The normalized spacial score (nSPS) is 14.3. The molecule has 2 aromatic heterocycles. The van der Waals surface area contributed by atoms with E-state index in [1.54, 1.807) is 44.4 Å². The summed E-state index contributed by atoms with van der Waals surface area (Å²) in [6.45, 7) is 1.58. The summed E-state index contributed by atoms with van der Waals surface area (Å²) in [5.41, 5.74) is 0.788. The molecular formula is C19H15BrN4O4. The van der Waals surface area contributed by atoms with Crippen LogP contribution in [0.1, 0.15) is 22.8 Å². The molecule has 1 aromatic carbocycles. The first-order chi connectivity index (χ1) is 13.2. The zero-order valence-corrected chi connectivity index (χ0v) is 16.8. The second kappa shape index (κ2) is 6.16. The number of allylic oxidation sites excluding steroid dienone is 1. The van der Waals surface area contributed by atoms with Crippen LogP contribution in [-0.4, -0.2) is 30.4 Å². The van der Waals surface area contributed by atoms with Crippen molar-refractivity contribution in [1.29, 1.82) is 0 Å². The number of carbonyl (C=O) groups is 1. The maximum absolute atomic E-state index is 12.7. The van der Waals surface area contributed by atoms with Gasteiger partial charge in [-0.3, -0.25) is 18.7 Å². The van der Waals surface area contributed by atoms with Crippen LogP contribution >= 0.6 is 15.9 Å². The number of aromatic nitrogens is 3. The van der Waals surface area contributed by atoms with E-state index in [-0.39, 0.29) is 28.3 Å². The van der Waals surface area contributed by atoms with E-state index in [0.717, 1.165) is 4.57 Å². The largest absolute Gasteiger partial charge is 0.506 e. The molecule has 0 fully saturated rings. The second-order valence-corrected chi connectivity index (χ2v) is 7.36. The molecule has 28 heavy (non-hydrogen) atoms. The monoisotopic (exact) mass is 442 g/mol. The summed E-state index contributed by atoms with van der Waals surface area (Å²) < 4.78 is 4.15. The molecule has 3 aromatic rings. The van der Waals surface area contributed by atoms with Gasteiger partial charge in [0.1, 0.15) is 5.76 Å². The summed E-state index contributed by atoms with van der Waals surface area (Å²) >= 11 is 3.36. The fraction of sp³-hybridized carbons (Fsp3) is 0.158. The highest BCUT2D eigenvalue weighted by Gasteiger charge is 2.31. The van der Waals surface area contributed by atoms with Crippen molar-refractivity contribution in [2.24, 2.45) is 19.2 Å². The van der Waals surface area contributed by atoms with Crippen LogP contribution in [0, 0.1) is 0 Å². The molecule has 2 heterocycles. The van der Waals surface area contributed by atoms with Crippen molar-refractivity contribution in [1.82, 2.24) is 13.8 Å². The summed E-state index contributed by atoms with van der Waals surface area (Å²) in [6.07, 6.45) is 1.54. The highest BCUT2D eigenvalue weighted by Crippen LogP contribution is 2.32. The van der Waals surface area contributed by atoms with E-state index in [4.69, 9.17) is 0 Å². The van der Waals surface area contributed by atoms with Gasteiger partial charge >= 0.3 is 5.69 Å². The summed E-state index contributed by atoms with van der Waals surface area (Å²) in [5.74, 6) is -0.470. The Kier molecular flexibility index (Phi) is 4.00. The van der Waals surface area contributed by atoms with Gasteiger partial charge in [0.05, 0.1) is 21.3 Å². The van der Waals surface area contributed by atoms with Crippen LogP contribution in [-0.2, 0) is 14.1 Å². The Morgan fingerprint density at radius 2 is 1.68 bits per heavy atom. The van der Waals surface area contributed by atoms with Crippen LogP contribution in [0.15, 0.2) is 55.2 Å². The predicted octanol–water partition coefficient (Wildman–Crippen LogP) is 2.19. The van der Waals surface area contributed by atoms with E-state index >= 15 is 0 Å².